The zero-order valence-corrected chi connectivity index (χ0v) is 9.77. The van der Waals surface area contributed by atoms with E-state index >= 15 is 0 Å². The maximum Gasteiger partial charge on any atom is 0.197 e. The molecule has 5 heteroatoms. The monoisotopic (exact) mass is 227 g/mol. The lowest BCUT2D eigenvalue weighted by Crippen LogP contribution is -2.15. The number of nitrogens with zero attached hydrogens (tertiary/aromatic N) is 1. The Hall–Kier alpha value is -0.970. The van der Waals surface area contributed by atoms with Gasteiger partial charge in [-0.05, 0) is 23.9 Å². The summed E-state index contributed by atoms with van der Waals surface area (Å²) in [6.45, 7) is 0.989. The van der Waals surface area contributed by atoms with Crippen LogP contribution in [-0.2, 0) is 0 Å². The second-order valence-electron chi connectivity index (χ2n) is 3.94. The molecule has 84 valence electrons. The van der Waals surface area contributed by atoms with Gasteiger partial charge >= 0.3 is 0 Å². The van der Waals surface area contributed by atoms with Crippen LogP contribution in [0.2, 0.25) is 0 Å². The number of nitrogens with two attached hydrogens (primary N) is 1. The first kappa shape index (κ1) is 10.5. The highest BCUT2D eigenvalue weighted by Crippen LogP contribution is 2.35. The van der Waals surface area contributed by atoms with Crippen molar-refractivity contribution < 1.29 is 4.74 Å². The highest BCUT2D eigenvalue weighted by atomic mass is 32.1. The van der Waals surface area contributed by atoms with Crippen molar-refractivity contribution in [3.8, 4) is 5.75 Å². The van der Waals surface area contributed by atoms with E-state index in [2.05, 4.69) is 9.69 Å². The Morgan fingerprint density at radius 1 is 1.60 bits per heavy atom. The SMILES string of the molecule is COc1c(N)nsc1NCCC1CCC1. The normalized spacial score (nSPS) is 16.1. The summed E-state index contributed by atoms with van der Waals surface area (Å²) in [5.74, 6) is 2.09. The summed E-state index contributed by atoms with van der Waals surface area (Å²) >= 11 is 1.37. The number of nitrogens with one attached hydrogen (secondary N) is 1. The molecule has 1 heterocycles. The summed E-state index contributed by atoms with van der Waals surface area (Å²) in [5, 5.41) is 4.29. The molecular weight excluding hydrogens is 210 g/mol. The maximum atomic E-state index is 5.66. The van der Waals surface area contributed by atoms with Gasteiger partial charge in [-0.2, -0.15) is 4.37 Å². The minimum Gasteiger partial charge on any atom is -0.490 e. The molecule has 1 aliphatic carbocycles. The summed E-state index contributed by atoms with van der Waals surface area (Å²) in [7, 11) is 1.62. The summed E-state index contributed by atoms with van der Waals surface area (Å²) in [5.41, 5.74) is 5.66. The average molecular weight is 227 g/mol. The lowest BCUT2D eigenvalue weighted by atomic mass is 9.83. The number of hydrogen-bond acceptors (Lipinski definition) is 5. The van der Waals surface area contributed by atoms with Crippen molar-refractivity contribution in [3.63, 3.8) is 0 Å². The first-order chi connectivity index (χ1) is 7.31. The topological polar surface area (TPSA) is 60.2 Å². The molecule has 1 aliphatic rings. The zero-order valence-electron chi connectivity index (χ0n) is 8.95. The molecule has 0 atom stereocenters. The number of ether oxygens (including phenoxy) is 1. The van der Waals surface area contributed by atoms with Crippen LogP contribution >= 0.6 is 11.5 Å². The Bertz CT molecular complexity index is 322. The van der Waals surface area contributed by atoms with Gasteiger partial charge < -0.3 is 15.8 Å². The van der Waals surface area contributed by atoms with Gasteiger partial charge in [-0.25, -0.2) is 0 Å². The molecular formula is C10H17N3OS. The van der Waals surface area contributed by atoms with Crippen molar-refractivity contribution in [2.45, 2.75) is 25.7 Å². The highest BCUT2D eigenvalue weighted by molar-refractivity contribution is 7.11. The number of aromatic nitrogens is 1. The largest absolute Gasteiger partial charge is 0.490 e. The van der Waals surface area contributed by atoms with Crippen molar-refractivity contribution >= 4 is 22.4 Å². The van der Waals surface area contributed by atoms with Crippen molar-refractivity contribution in [1.82, 2.24) is 4.37 Å². The number of anilines is 2. The van der Waals surface area contributed by atoms with Crippen molar-refractivity contribution in [1.29, 1.82) is 0 Å². The highest BCUT2D eigenvalue weighted by Gasteiger charge is 2.17. The van der Waals surface area contributed by atoms with Crippen LogP contribution in [0.3, 0.4) is 0 Å². The van der Waals surface area contributed by atoms with E-state index in [-0.39, 0.29) is 0 Å². The quantitative estimate of drug-likeness (QED) is 0.810. The van der Waals surface area contributed by atoms with Gasteiger partial charge in [-0.15, -0.1) is 0 Å². The standard InChI is InChI=1S/C10H17N3OS/c1-14-8-9(11)13-15-10(8)12-6-5-7-3-2-4-7/h7,12H,2-6H2,1H3,(H2,11,13). The molecule has 15 heavy (non-hydrogen) atoms. The first-order valence-electron chi connectivity index (χ1n) is 5.34. The van der Waals surface area contributed by atoms with E-state index in [9.17, 15) is 0 Å². The van der Waals surface area contributed by atoms with Crippen LogP contribution in [0, 0.1) is 5.92 Å². The third-order valence-electron chi connectivity index (χ3n) is 2.94. The molecule has 0 amide bonds. The summed E-state index contributed by atoms with van der Waals surface area (Å²) in [6, 6.07) is 0. The smallest absolute Gasteiger partial charge is 0.197 e. The predicted molar refractivity (Wildman–Crippen MR) is 63.5 cm³/mol. The Morgan fingerprint density at radius 3 is 3.00 bits per heavy atom. The van der Waals surface area contributed by atoms with Gasteiger partial charge in [0.05, 0.1) is 7.11 Å². The molecule has 2 rings (SSSR count). The molecule has 0 spiro atoms. The van der Waals surface area contributed by atoms with E-state index < -0.39 is 0 Å². The van der Waals surface area contributed by atoms with Gasteiger partial charge in [0.2, 0.25) is 0 Å². The molecule has 0 unspecified atom stereocenters. The fourth-order valence-electron chi connectivity index (χ4n) is 1.78. The Balaban J connectivity index is 1.81. The fraction of sp³-hybridized carbons (Fsp3) is 0.700. The van der Waals surface area contributed by atoms with Gasteiger partial charge in [-0.3, -0.25) is 0 Å². The van der Waals surface area contributed by atoms with E-state index in [1.165, 1.54) is 37.2 Å². The van der Waals surface area contributed by atoms with Gasteiger partial charge in [-0.1, -0.05) is 19.3 Å². The average Bonchev–Trinajstić information content (AvgIpc) is 2.51. The van der Waals surface area contributed by atoms with Gasteiger partial charge in [0.25, 0.3) is 0 Å². The molecule has 1 fully saturated rings. The predicted octanol–water partition coefficient (Wildman–Crippen LogP) is 2.34. The molecule has 0 aromatic carbocycles. The van der Waals surface area contributed by atoms with Crippen molar-refractivity contribution in [2.75, 3.05) is 24.7 Å². The molecule has 0 radical (unpaired) electrons. The minimum atomic E-state index is 0.480. The lowest BCUT2D eigenvalue weighted by Gasteiger charge is -2.25. The second kappa shape index (κ2) is 4.70. The Morgan fingerprint density at radius 2 is 2.40 bits per heavy atom. The van der Waals surface area contributed by atoms with Crippen LogP contribution < -0.4 is 15.8 Å². The summed E-state index contributed by atoms with van der Waals surface area (Å²) in [6.07, 6.45) is 5.43. The van der Waals surface area contributed by atoms with Gasteiger partial charge in [0.15, 0.2) is 16.6 Å². The van der Waals surface area contributed by atoms with Crippen LogP contribution in [0.1, 0.15) is 25.7 Å². The van der Waals surface area contributed by atoms with E-state index in [4.69, 9.17) is 10.5 Å². The maximum absolute atomic E-state index is 5.66. The Labute approximate surface area is 94.0 Å². The van der Waals surface area contributed by atoms with Crippen molar-refractivity contribution in [3.05, 3.63) is 0 Å². The van der Waals surface area contributed by atoms with Crippen LogP contribution in [0.25, 0.3) is 0 Å². The molecule has 0 aliphatic heterocycles. The number of methoxy groups -OCH3 is 1. The molecule has 1 saturated carbocycles. The molecule has 1 aromatic heterocycles. The van der Waals surface area contributed by atoms with E-state index in [1.807, 2.05) is 0 Å². The molecule has 0 saturated heterocycles. The fourth-order valence-corrected chi connectivity index (χ4v) is 2.49. The lowest BCUT2D eigenvalue weighted by molar-refractivity contribution is 0.303. The van der Waals surface area contributed by atoms with Gasteiger partial charge in [0, 0.05) is 6.54 Å². The first-order valence-corrected chi connectivity index (χ1v) is 6.11. The summed E-state index contributed by atoms with van der Waals surface area (Å²) in [4.78, 5) is 0. The second-order valence-corrected chi connectivity index (χ2v) is 4.72. The van der Waals surface area contributed by atoms with E-state index in [1.54, 1.807) is 7.11 Å². The van der Waals surface area contributed by atoms with E-state index in [0.717, 1.165) is 17.5 Å². The zero-order chi connectivity index (χ0) is 10.7. The van der Waals surface area contributed by atoms with Crippen LogP contribution in [0.5, 0.6) is 5.75 Å². The summed E-state index contributed by atoms with van der Waals surface area (Å²) < 4.78 is 9.23. The number of rotatable bonds is 5. The van der Waals surface area contributed by atoms with Crippen LogP contribution in [-0.4, -0.2) is 18.0 Å². The van der Waals surface area contributed by atoms with Crippen LogP contribution in [0.15, 0.2) is 0 Å². The van der Waals surface area contributed by atoms with E-state index in [0.29, 0.717) is 11.6 Å². The van der Waals surface area contributed by atoms with Crippen LogP contribution in [0.4, 0.5) is 10.8 Å². The third-order valence-corrected chi connectivity index (χ3v) is 3.74. The third kappa shape index (κ3) is 2.34. The molecule has 4 nitrogen and oxygen atoms in total. The number of nitrogen functional groups attached to an aromatic ring is 1. The molecule has 1 aromatic rings. The van der Waals surface area contributed by atoms with Gasteiger partial charge in [0.1, 0.15) is 0 Å². The number of hydrogen-bond donors (Lipinski definition) is 2. The minimum absolute atomic E-state index is 0.480. The molecule has 3 N–H and O–H groups in total. The van der Waals surface area contributed by atoms with Crippen molar-refractivity contribution in [2.24, 2.45) is 5.92 Å². The molecule has 0 bridgehead atoms. The Kier molecular flexibility index (Phi) is 3.30.